The maximum Gasteiger partial charge on any atom is 0.678 e. The third kappa shape index (κ3) is 7.88. The van der Waals surface area contributed by atoms with E-state index in [-0.39, 0.29) is 42.3 Å². The van der Waals surface area contributed by atoms with E-state index in [2.05, 4.69) is 4.99 Å². The molecule has 1 aromatic heterocycles. The Balaban J connectivity index is 1.76. The predicted octanol–water partition coefficient (Wildman–Crippen LogP) is 6.20. The lowest BCUT2D eigenvalue weighted by Crippen LogP contribution is -2.17. The fraction of sp³-hybridized carbons (Fsp3) is 0.217. The average Bonchev–Trinajstić information content (AvgIpc) is 3.32. The molecule has 2 heterocycles. The van der Waals surface area contributed by atoms with Gasteiger partial charge in [0, 0.05) is 29.6 Å². The number of carbonyl (C=O) groups excluding carboxylic acids is 1. The van der Waals surface area contributed by atoms with E-state index in [9.17, 15) is 23.6 Å². The molecule has 0 bridgehead atoms. The number of phenolic OH excluding ortho intramolecular Hbond substituents is 2. The lowest BCUT2D eigenvalue weighted by molar-refractivity contribution is -0.143. The smallest absolute Gasteiger partial charge is 0.508 e. The molecule has 0 aliphatic carbocycles. The van der Waals surface area contributed by atoms with Crippen molar-refractivity contribution in [3.8, 4) is 11.5 Å². The van der Waals surface area contributed by atoms with E-state index < -0.39 is 17.2 Å². The van der Waals surface area contributed by atoms with Crippen LogP contribution < -0.4 is 0 Å². The molecule has 0 saturated heterocycles. The second-order valence-electron chi connectivity index (χ2n) is 7.68. The number of hydrogen-bond donors (Lipinski definition) is 2. The first-order valence-corrected chi connectivity index (χ1v) is 11.5. The van der Waals surface area contributed by atoms with Gasteiger partial charge in [-0.2, -0.15) is 0 Å². The summed E-state index contributed by atoms with van der Waals surface area (Å²) in [4.78, 5) is 16.2. The van der Waals surface area contributed by atoms with Crippen LogP contribution in [0.2, 0.25) is 0 Å². The van der Waals surface area contributed by atoms with Crippen molar-refractivity contribution < 1.29 is 28.4 Å². The van der Waals surface area contributed by atoms with E-state index in [0.29, 0.717) is 22.5 Å². The van der Waals surface area contributed by atoms with Crippen molar-refractivity contribution in [1.82, 2.24) is 4.48 Å². The number of aryl methyl sites for hydroxylation is 1. The zero-order valence-electron chi connectivity index (χ0n) is 18.4. The summed E-state index contributed by atoms with van der Waals surface area (Å²) in [5, 5.41) is 19.2. The minimum Gasteiger partial charge on any atom is -0.508 e. The SMILES string of the molecule is Cc1cc(/C=C/c2cc(O)cc(O)c2)n(B(F)F)c1/C=C1/C=CC(CCC(=O)OCC(Cl)(Cl)Cl)=N1. The molecule has 1 aliphatic rings. The van der Waals surface area contributed by atoms with Crippen molar-refractivity contribution in [2.24, 2.45) is 4.99 Å². The molecule has 2 aromatic rings. The van der Waals surface area contributed by atoms with E-state index in [1.54, 1.807) is 25.1 Å². The Kier molecular flexibility index (Phi) is 8.69. The third-order valence-electron chi connectivity index (χ3n) is 4.86. The van der Waals surface area contributed by atoms with Crippen LogP contribution in [0.1, 0.15) is 35.4 Å². The van der Waals surface area contributed by atoms with Crippen LogP contribution in [0, 0.1) is 6.92 Å². The largest absolute Gasteiger partial charge is 0.678 e. The molecular formula is C23H20BCl3F2N2O4. The Bertz CT molecular complexity index is 1210. The van der Waals surface area contributed by atoms with Gasteiger partial charge < -0.3 is 19.4 Å². The van der Waals surface area contributed by atoms with Gasteiger partial charge in [0.05, 0.1) is 12.1 Å². The van der Waals surface area contributed by atoms with Crippen molar-refractivity contribution in [3.63, 3.8) is 0 Å². The molecule has 0 unspecified atom stereocenters. The number of alkyl halides is 3. The molecule has 2 N–H and O–H groups in total. The predicted molar refractivity (Wildman–Crippen MR) is 136 cm³/mol. The summed E-state index contributed by atoms with van der Waals surface area (Å²) < 4.78 is 32.0. The number of carbonyl (C=O) groups is 1. The molecule has 12 heteroatoms. The Morgan fingerprint density at radius 2 is 1.83 bits per heavy atom. The molecule has 0 radical (unpaired) electrons. The van der Waals surface area contributed by atoms with E-state index in [1.165, 1.54) is 36.4 Å². The van der Waals surface area contributed by atoms with Crippen molar-refractivity contribution >= 4 is 72.1 Å². The number of aromatic nitrogens is 1. The van der Waals surface area contributed by atoms with Crippen LogP contribution in [0.25, 0.3) is 18.2 Å². The number of rotatable bonds is 8. The molecule has 3 rings (SSSR count). The number of hydrogen-bond acceptors (Lipinski definition) is 5. The monoisotopic (exact) mass is 542 g/mol. The number of esters is 1. The number of nitrogens with zero attached hydrogens (tertiary/aromatic N) is 2. The third-order valence-corrected chi connectivity index (χ3v) is 5.19. The number of halogens is 5. The van der Waals surface area contributed by atoms with Crippen molar-refractivity contribution in [2.45, 2.75) is 23.6 Å². The normalized spacial score (nSPS) is 14.7. The minimum absolute atomic E-state index is 0.0170. The summed E-state index contributed by atoms with van der Waals surface area (Å²) >= 11 is 16.6. The van der Waals surface area contributed by atoms with Crippen LogP contribution in [-0.2, 0) is 9.53 Å². The summed E-state index contributed by atoms with van der Waals surface area (Å²) in [7, 11) is -2.82. The molecule has 1 aromatic carbocycles. The number of aromatic hydroxyl groups is 2. The number of benzene rings is 1. The van der Waals surface area contributed by atoms with Gasteiger partial charge >= 0.3 is 13.4 Å². The van der Waals surface area contributed by atoms with Gasteiger partial charge in [-0.05, 0) is 60.6 Å². The summed E-state index contributed by atoms with van der Waals surface area (Å²) in [6.07, 6.45) is 8.15. The van der Waals surface area contributed by atoms with E-state index >= 15 is 0 Å². The molecule has 184 valence electrons. The quantitative estimate of drug-likeness (QED) is 0.236. The number of aliphatic imine (C=N–C) groups is 1. The highest BCUT2D eigenvalue weighted by atomic mass is 35.6. The number of phenols is 2. The summed E-state index contributed by atoms with van der Waals surface area (Å²) in [6, 6.07) is 5.56. The zero-order valence-corrected chi connectivity index (χ0v) is 20.7. The van der Waals surface area contributed by atoms with Crippen LogP contribution in [0.3, 0.4) is 0 Å². The van der Waals surface area contributed by atoms with Gasteiger partial charge in [-0.1, -0.05) is 40.9 Å². The standard InChI is InChI=1S/C23H20BCl3F2N2O4/c1-14-8-18(6-2-15-9-19(32)12-20(33)10-15)31(24(28)29)21(14)11-17-4-3-16(30-17)5-7-22(34)35-13-23(25,26)27/h2-4,6,8-12,32-33H,5,7,13H2,1H3/b6-2+,17-11-. The lowest BCUT2D eigenvalue weighted by atomic mass is 10.1. The zero-order chi connectivity index (χ0) is 25.8. The van der Waals surface area contributed by atoms with Crippen LogP contribution >= 0.6 is 34.8 Å². The Morgan fingerprint density at radius 1 is 1.14 bits per heavy atom. The van der Waals surface area contributed by atoms with Crippen LogP contribution in [0.5, 0.6) is 11.5 Å². The van der Waals surface area contributed by atoms with E-state index in [4.69, 9.17) is 39.5 Å². The molecule has 0 atom stereocenters. The summed E-state index contributed by atoms with van der Waals surface area (Å²) in [6.45, 7) is 1.34. The van der Waals surface area contributed by atoms with E-state index in [0.717, 1.165) is 4.48 Å². The first kappa shape index (κ1) is 26.9. The Hall–Kier alpha value is -2.75. The van der Waals surface area contributed by atoms with Gasteiger partial charge in [0.15, 0.2) is 0 Å². The van der Waals surface area contributed by atoms with Crippen LogP contribution in [-0.4, -0.2) is 44.2 Å². The highest BCUT2D eigenvalue weighted by Gasteiger charge is 2.25. The maximum atomic E-state index is 14.0. The van der Waals surface area contributed by atoms with Crippen molar-refractivity contribution in [1.29, 1.82) is 0 Å². The van der Waals surface area contributed by atoms with Gasteiger partial charge in [-0.25, -0.2) is 0 Å². The number of ether oxygens (including phenoxy) is 1. The first-order valence-electron chi connectivity index (χ1n) is 10.3. The van der Waals surface area contributed by atoms with Gasteiger partial charge in [0.25, 0.3) is 0 Å². The van der Waals surface area contributed by atoms with E-state index in [1.807, 2.05) is 0 Å². The van der Waals surface area contributed by atoms with Crippen molar-refractivity contribution in [2.75, 3.05) is 6.61 Å². The Labute approximate surface area is 216 Å². The van der Waals surface area contributed by atoms with Crippen LogP contribution in [0.15, 0.2) is 47.1 Å². The fourth-order valence-corrected chi connectivity index (χ4v) is 3.53. The molecule has 6 nitrogen and oxygen atoms in total. The number of allylic oxidation sites excluding steroid dienone is 2. The van der Waals surface area contributed by atoms with Gasteiger partial charge in [0.1, 0.15) is 18.1 Å². The van der Waals surface area contributed by atoms with Crippen LogP contribution in [0.4, 0.5) is 8.63 Å². The highest BCUT2D eigenvalue weighted by Crippen LogP contribution is 2.27. The van der Waals surface area contributed by atoms with Gasteiger partial charge in [0.2, 0.25) is 3.79 Å². The minimum atomic E-state index is -2.82. The second kappa shape index (κ2) is 11.3. The average molecular weight is 544 g/mol. The molecule has 0 spiro atoms. The molecule has 1 aliphatic heterocycles. The van der Waals surface area contributed by atoms with Gasteiger partial charge in [-0.3, -0.25) is 18.4 Å². The van der Waals surface area contributed by atoms with Crippen molar-refractivity contribution in [3.05, 3.63) is 64.6 Å². The topological polar surface area (TPSA) is 84.0 Å². The molecule has 0 saturated carbocycles. The molecule has 0 amide bonds. The molecule has 0 fully saturated rings. The molecule has 35 heavy (non-hydrogen) atoms. The Morgan fingerprint density at radius 3 is 2.46 bits per heavy atom. The highest BCUT2D eigenvalue weighted by molar-refractivity contribution is 6.67. The molecular weight excluding hydrogens is 523 g/mol. The second-order valence-corrected chi connectivity index (χ2v) is 10.2. The fourth-order valence-electron chi connectivity index (χ4n) is 3.37. The summed E-state index contributed by atoms with van der Waals surface area (Å²) in [5.41, 5.74) is 2.58. The first-order chi connectivity index (χ1) is 16.4. The van der Waals surface area contributed by atoms with Gasteiger partial charge in [-0.15, -0.1) is 0 Å². The summed E-state index contributed by atoms with van der Waals surface area (Å²) in [5.74, 6) is -0.838. The maximum absolute atomic E-state index is 14.0. The lowest BCUT2D eigenvalue weighted by Gasteiger charge is -2.10.